The van der Waals surface area contributed by atoms with Crippen LogP contribution in [-0.4, -0.2) is 16.1 Å². The number of oxazole rings is 1. The lowest BCUT2D eigenvalue weighted by Gasteiger charge is -2.15. The first-order valence-corrected chi connectivity index (χ1v) is 4.13. The van der Waals surface area contributed by atoms with Crippen LogP contribution >= 0.6 is 0 Å². The molecule has 0 bridgehead atoms. The highest BCUT2D eigenvalue weighted by molar-refractivity contribution is 5.75. The molecule has 1 heterocycles. The predicted octanol–water partition coefficient (Wildman–Crippen LogP) is 0.472. The topological polar surface area (TPSA) is 83.3 Å². The van der Waals surface area contributed by atoms with Crippen molar-refractivity contribution in [3.05, 3.63) is 22.0 Å². The van der Waals surface area contributed by atoms with E-state index in [9.17, 15) is 9.59 Å². The SMILES string of the molecule is O=C(O)C1CCCc2oc(=O)[nH]c21. The second-order valence-corrected chi connectivity index (χ2v) is 3.13. The highest BCUT2D eigenvalue weighted by Gasteiger charge is 2.29. The van der Waals surface area contributed by atoms with Crippen molar-refractivity contribution in [3.8, 4) is 0 Å². The average Bonchev–Trinajstić information content (AvgIpc) is 2.43. The number of aliphatic carboxylic acids is 1. The Labute approximate surface area is 73.4 Å². The van der Waals surface area contributed by atoms with Crippen LogP contribution in [0.2, 0.25) is 0 Å². The molecule has 1 aromatic heterocycles. The quantitative estimate of drug-likeness (QED) is 0.663. The van der Waals surface area contributed by atoms with Crippen LogP contribution in [0.25, 0.3) is 0 Å². The van der Waals surface area contributed by atoms with Gasteiger partial charge in [-0.15, -0.1) is 0 Å². The third-order valence-electron chi connectivity index (χ3n) is 2.30. The number of carbonyl (C=O) groups is 1. The van der Waals surface area contributed by atoms with Crippen LogP contribution in [0.15, 0.2) is 9.21 Å². The van der Waals surface area contributed by atoms with Crippen molar-refractivity contribution in [1.82, 2.24) is 4.98 Å². The van der Waals surface area contributed by atoms with E-state index in [4.69, 9.17) is 9.52 Å². The maximum Gasteiger partial charge on any atom is 0.416 e. The maximum absolute atomic E-state index is 10.8. The molecule has 5 heteroatoms. The van der Waals surface area contributed by atoms with Crippen LogP contribution in [0.1, 0.15) is 30.2 Å². The Morgan fingerprint density at radius 2 is 2.38 bits per heavy atom. The second-order valence-electron chi connectivity index (χ2n) is 3.13. The van der Waals surface area contributed by atoms with Crippen LogP contribution in [0.3, 0.4) is 0 Å². The minimum atomic E-state index is -0.905. The van der Waals surface area contributed by atoms with E-state index in [0.29, 0.717) is 24.3 Å². The zero-order valence-electron chi connectivity index (χ0n) is 6.87. The number of aryl methyl sites for hydroxylation is 1. The molecule has 0 aromatic carbocycles. The summed E-state index contributed by atoms with van der Waals surface area (Å²) in [5, 5.41) is 8.83. The Kier molecular flexibility index (Phi) is 1.72. The Morgan fingerprint density at radius 3 is 3.08 bits per heavy atom. The number of nitrogens with one attached hydrogen (secondary N) is 1. The maximum atomic E-state index is 10.8. The van der Waals surface area contributed by atoms with Gasteiger partial charge in [0.15, 0.2) is 0 Å². The summed E-state index contributed by atoms with van der Waals surface area (Å²) in [5.41, 5.74) is 0.448. The number of carboxylic acids is 1. The Hall–Kier alpha value is -1.52. The molecule has 13 heavy (non-hydrogen) atoms. The van der Waals surface area contributed by atoms with Crippen LogP contribution in [-0.2, 0) is 11.2 Å². The molecule has 2 N–H and O–H groups in total. The van der Waals surface area contributed by atoms with Crippen molar-refractivity contribution in [1.29, 1.82) is 0 Å². The number of rotatable bonds is 1. The molecular weight excluding hydrogens is 174 g/mol. The summed E-state index contributed by atoms with van der Waals surface area (Å²) in [6, 6.07) is 0. The minimum absolute atomic E-state index is 0.448. The fourth-order valence-corrected chi connectivity index (χ4v) is 1.70. The molecule has 5 nitrogen and oxygen atoms in total. The number of hydrogen-bond donors (Lipinski definition) is 2. The second kappa shape index (κ2) is 2.76. The average molecular weight is 183 g/mol. The van der Waals surface area contributed by atoms with E-state index in [1.165, 1.54) is 0 Å². The van der Waals surface area contributed by atoms with Gasteiger partial charge in [-0.2, -0.15) is 0 Å². The molecule has 70 valence electrons. The third kappa shape index (κ3) is 1.26. The molecule has 2 rings (SSSR count). The Balaban J connectivity index is 2.47. The van der Waals surface area contributed by atoms with Crippen molar-refractivity contribution in [2.24, 2.45) is 0 Å². The van der Waals surface area contributed by atoms with E-state index in [-0.39, 0.29) is 0 Å². The molecule has 0 radical (unpaired) electrons. The zero-order chi connectivity index (χ0) is 9.42. The highest BCUT2D eigenvalue weighted by Crippen LogP contribution is 2.29. The largest absolute Gasteiger partial charge is 0.481 e. The molecule has 1 aliphatic rings. The molecule has 1 atom stereocenters. The minimum Gasteiger partial charge on any atom is -0.481 e. The van der Waals surface area contributed by atoms with Gasteiger partial charge in [0.05, 0.1) is 5.69 Å². The van der Waals surface area contributed by atoms with Gasteiger partial charge in [-0.1, -0.05) is 0 Å². The van der Waals surface area contributed by atoms with Crippen molar-refractivity contribution < 1.29 is 14.3 Å². The van der Waals surface area contributed by atoms with Crippen molar-refractivity contribution in [2.45, 2.75) is 25.2 Å². The number of carboxylic acid groups (broad SMARTS) is 1. The first-order chi connectivity index (χ1) is 6.18. The van der Waals surface area contributed by atoms with Gasteiger partial charge in [0, 0.05) is 6.42 Å². The monoisotopic (exact) mass is 183 g/mol. The lowest BCUT2D eigenvalue weighted by Crippen LogP contribution is -2.17. The summed E-state index contributed by atoms with van der Waals surface area (Å²) in [5.74, 6) is -1.56. The molecule has 1 aromatic rings. The number of hydrogen-bond acceptors (Lipinski definition) is 3. The van der Waals surface area contributed by atoms with Crippen LogP contribution in [0.5, 0.6) is 0 Å². The first kappa shape index (κ1) is 8.10. The molecule has 0 spiro atoms. The standard InChI is InChI=1S/C8H9NO4/c10-7(11)4-2-1-3-5-6(4)9-8(12)13-5/h4H,1-3H2,(H,9,12)(H,10,11). The smallest absolute Gasteiger partial charge is 0.416 e. The summed E-state index contributed by atoms with van der Waals surface area (Å²) in [7, 11) is 0. The number of aromatic amines is 1. The summed E-state index contributed by atoms with van der Waals surface area (Å²) in [4.78, 5) is 24.0. The van der Waals surface area contributed by atoms with Gasteiger partial charge >= 0.3 is 11.7 Å². The van der Waals surface area contributed by atoms with Gasteiger partial charge in [0.25, 0.3) is 0 Å². The molecular formula is C8H9NO4. The van der Waals surface area contributed by atoms with Crippen LogP contribution in [0.4, 0.5) is 0 Å². The van der Waals surface area contributed by atoms with E-state index in [0.717, 1.165) is 6.42 Å². The van der Waals surface area contributed by atoms with Crippen LogP contribution < -0.4 is 5.76 Å². The van der Waals surface area contributed by atoms with Crippen molar-refractivity contribution in [2.75, 3.05) is 0 Å². The van der Waals surface area contributed by atoms with E-state index in [2.05, 4.69) is 4.98 Å². The lowest BCUT2D eigenvalue weighted by molar-refractivity contribution is -0.139. The molecule has 1 aliphatic carbocycles. The molecule has 0 saturated carbocycles. The highest BCUT2D eigenvalue weighted by atomic mass is 16.4. The third-order valence-corrected chi connectivity index (χ3v) is 2.30. The normalized spacial score (nSPS) is 21.1. The number of aromatic nitrogens is 1. The van der Waals surface area contributed by atoms with Crippen molar-refractivity contribution in [3.63, 3.8) is 0 Å². The summed E-state index contributed by atoms with van der Waals surface area (Å²) in [6.45, 7) is 0. The van der Waals surface area contributed by atoms with Crippen LogP contribution in [0, 0.1) is 0 Å². The lowest BCUT2D eigenvalue weighted by atomic mass is 9.91. The first-order valence-electron chi connectivity index (χ1n) is 4.13. The van der Waals surface area contributed by atoms with E-state index in [1.54, 1.807) is 0 Å². The fourth-order valence-electron chi connectivity index (χ4n) is 1.70. The molecule has 0 fully saturated rings. The van der Waals surface area contributed by atoms with Crippen molar-refractivity contribution >= 4 is 5.97 Å². The summed E-state index contributed by atoms with van der Waals surface area (Å²) in [6.07, 6.45) is 1.97. The predicted molar refractivity (Wildman–Crippen MR) is 42.6 cm³/mol. The number of H-pyrrole nitrogens is 1. The summed E-state index contributed by atoms with van der Waals surface area (Å²) < 4.78 is 4.81. The van der Waals surface area contributed by atoms with E-state index < -0.39 is 17.6 Å². The van der Waals surface area contributed by atoms with E-state index >= 15 is 0 Å². The van der Waals surface area contributed by atoms with Gasteiger partial charge in [-0.3, -0.25) is 9.78 Å². The molecule has 0 aliphatic heterocycles. The molecule has 1 unspecified atom stereocenters. The van der Waals surface area contributed by atoms with E-state index in [1.807, 2.05) is 0 Å². The summed E-state index contributed by atoms with van der Waals surface area (Å²) >= 11 is 0. The van der Waals surface area contributed by atoms with Gasteiger partial charge in [0.1, 0.15) is 11.7 Å². The van der Waals surface area contributed by atoms with Gasteiger partial charge < -0.3 is 9.52 Å². The Bertz CT molecular complexity index is 389. The van der Waals surface area contributed by atoms with Gasteiger partial charge in [-0.05, 0) is 12.8 Å². The molecule has 0 saturated heterocycles. The zero-order valence-corrected chi connectivity index (χ0v) is 6.87. The Morgan fingerprint density at radius 1 is 1.62 bits per heavy atom. The fraction of sp³-hybridized carbons (Fsp3) is 0.500. The molecule has 0 amide bonds. The number of fused-ring (bicyclic) bond motifs is 1. The van der Waals surface area contributed by atoms with Gasteiger partial charge in [-0.25, -0.2) is 4.79 Å². The van der Waals surface area contributed by atoms with Gasteiger partial charge in [0.2, 0.25) is 0 Å².